The van der Waals surface area contributed by atoms with E-state index in [1.54, 1.807) is 25.4 Å². The van der Waals surface area contributed by atoms with Crippen molar-refractivity contribution in [2.45, 2.75) is 50.0 Å². The van der Waals surface area contributed by atoms with E-state index < -0.39 is 28.5 Å². The summed E-state index contributed by atoms with van der Waals surface area (Å²) >= 11 is 0. The average Bonchev–Trinajstić information content (AvgIpc) is 3.48. The number of nitrogens with zero attached hydrogens (tertiary/aromatic N) is 6. The van der Waals surface area contributed by atoms with Crippen LogP contribution in [0.5, 0.6) is 5.75 Å². The molecule has 13 heteroatoms. The van der Waals surface area contributed by atoms with Crippen LogP contribution >= 0.6 is 0 Å². The van der Waals surface area contributed by atoms with Gasteiger partial charge in [0.25, 0.3) is 0 Å². The number of hydrogen-bond acceptors (Lipinski definition) is 6. The van der Waals surface area contributed by atoms with Gasteiger partial charge < -0.3 is 14.0 Å². The molecule has 0 N–H and O–H groups in total. The molecule has 4 aromatic rings. The Labute approximate surface area is 239 Å². The fourth-order valence-electron chi connectivity index (χ4n) is 5.81. The topological polar surface area (TPSA) is 78.8 Å². The van der Waals surface area contributed by atoms with E-state index in [-0.39, 0.29) is 12.1 Å². The maximum absolute atomic E-state index is 14.3. The summed E-state index contributed by atoms with van der Waals surface area (Å²) in [7, 11) is 3.34. The summed E-state index contributed by atoms with van der Waals surface area (Å²) in [6, 6.07) is 6.35. The number of ether oxygens (including phenoxy) is 2. The Morgan fingerprint density at radius 3 is 2.43 bits per heavy atom. The van der Waals surface area contributed by atoms with E-state index >= 15 is 0 Å². The first kappa shape index (κ1) is 28.4. The zero-order valence-corrected chi connectivity index (χ0v) is 23.6. The molecule has 0 radical (unpaired) electrons. The molecule has 0 saturated carbocycles. The van der Waals surface area contributed by atoms with Crippen molar-refractivity contribution in [1.82, 2.24) is 28.6 Å². The Kier molecular flexibility index (Phi) is 6.92. The molecule has 9 nitrogen and oxygen atoms in total. The Morgan fingerprint density at radius 2 is 1.83 bits per heavy atom. The number of imidazole rings is 1. The summed E-state index contributed by atoms with van der Waals surface area (Å²) in [5.74, 6) is 1.21. The first-order valence-corrected chi connectivity index (χ1v) is 13.7. The summed E-state index contributed by atoms with van der Waals surface area (Å²) in [6.07, 6.45) is 0.711. The smallest absolute Gasteiger partial charge is 0.418 e. The Bertz CT molecular complexity index is 1670. The van der Waals surface area contributed by atoms with Crippen LogP contribution in [0.3, 0.4) is 0 Å². The van der Waals surface area contributed by atoms with Crippen molar-refractivity contribution in [3.63, 3.8) is 0 Å². The normalized spacial score (nSPS) is 18.7. The molecule has 2 saturated heterocycles. The van der Waals surface area contributed by atoms with E-state index in [0.717, 1.165) is 21.9 Å². The first-order chi connectivity index (χ1) is 19.9. The number of rotatable bonds is 7. The maximum Gasteiger partial charge on any atom is 0.418 e. The lowest BCUT2D eigenvalue weighted by Gasteiger charge is -2.42. The largest absolute Gasteiger partial charge is 0.497 e. The van der Waals surface area contributed by atoms with E-state index in [4.69, 9.17) is 9.47 Å². The van der Waals surface area contributed by atoms with Crippen LogP contribution < -0.4 is 10.4 Å². The standard InChI is InChI=1S/C29H32F4N6O3/c1-27(30)4-6-37(7-5-27)13-19-8-23(29(31,32)33)24-15-38(26(40)39(24)14-19)21-9-20(10-22(11-21)41-3)28(16-42-17-28)12-25-35-34-18-36(25)2/h8-11,14-15,18H,4-7,12-13,16-17H2,1-3H3. The number of piperidine rings is 1. The van der Waals surface area contributed by atoms with Crippen molar-refractivity contribution in [2.75, 3.05) is 33.4 Å². The van der Waals surface area contributed by atoms with Crippen LogP contribution in [-0.2, 0) is 36.3 Å². The van der Waals surface area contributed by atoms with Gasteiger partial charge in [-0.3, -0.25) is 13.9 Å². The molecule has 0 amide bonds. The van der Waals surface area contributed by atoms with Gasteiger partial charge in [0.15, 0.2) is 0 Å². The van der Waals surface area contributed by atoms with Crippen LogP contribution in [-0.4, -0.2) is 67.7 Å². The highest BCUT2D eigenvalue weighted by molar-refractivity contribution is 5.58. The zero-order chi connectivity index (χ0) is 29.9. The average molecular weight is 589 g/mol. The number of halogens is 4. The number of pyridine rings is 1. The van der Waals surface area contributed by atoms with E-state index in [2.05, 4.69) is 10.2 Å². The summed E-state index contributed by atoms with van der Waals surface area (Å²) in [5.41, 5.74) is -2.03. The van der Waals surface area contributed by atoms with Crippen LogP contribution in [0.4, 0.5) is 17.6 Å². The molecule has 1 aromatic carbocycles. The molecular weight excluding hydrogens is 556 g/mol. The first-order valence-electron chi connectivity index (χ1n) is 13.7. The lowest BCUT2D eigenvalue weighted by atomic mass is 9.75. The number of benzene rings is 1. The summed E-state index contributed by atoms with van der Waals surface area (Å²) in [4.78, 5) is 15.6. The molecule has 2 fully saturated rings. The molecule has 5 heterocycles. The quantitative estimate of drug-likeness (QED) is 0.303. The van der Waals surface area contributed by atoms with Crippen molar-refractivity contribution in [1.29, 1.82) is 0 Å². The molecule has 0 bridgehead atoms. The number of alkyl halides is 4. The van der Waals surface area contributed by atoms with Gasteiger partial charge in [-0.15, -0.1) is 10.2 Å². The van der Waals surface area contributed by atoms with Gasteiger partial charge in [0, 0.05) is 57.0 Å². The second kappa shape index (κ2) is 10.2. The van der Waals surface area contributed by atoms with Crippen molar-refractivity contribution in [3.05, 3.63) is 76.0 Å². The third-order valence-electron chi connectivity index (χ3n) is 8.51. The predicted octanol–water partition coefficient (Wildman–Crippen LogP) is 4.08. The van der Waals surface area contributed by atoms with Gasteiger partial charge in [0.2, 0.25) is 0 Å². The SMILES string of the molecule is COc1cc(-n2cc3c(C(F)(F)F)cc(CN4CCC(C)(F)CC4)cn3c2=O)cc(C2(Cc3nncn3C)COC2)c1. The molecule has 42 heavy (non-hydrogen) atoms. The van der Waals surface area contributed by atoms with Gasteiger partial charge in [0.05, 0.1) is 37.1 Å². The molecular formula is C29H32F4N6O3. The number of methoxy groups -OCH3 is 1. The third kappa shape index (κ3) is 5.19. The minimum Gasteiger partial charge on any atom is -0.497 e. The minimum atomic E-state index is -4.69. The molecule has 6 rings (SSSR count). The second-order valence-corrected chi connectivity index (χ2v) is 11.7. The lowest BCUT2D eigenvalue weighted by molar-refractivity contribution is -0.136. The highest BCUT2D eigenvalue weighted by atomic mass is 19.4. The highest BCUT2D eigenvalue weighted by Crippen LogP contribution is 2.39. The predicted molar refractivity (Wildman–Crippen MR) is 146 cm³/mol. The Morgan fingerprint density at radius 1 is 1.10 bits per heavy atom. The van der Waals surface area contributed by atoms with E-state index in [1.165, 1.54) is 24.1 Å². The zero-order valence-electron chi connectivity index (χ0n) is 23.6. The van der Waals surface area contributed by atoms with Crippen molar-refractivity contribution in [3.8, 4) is 11.4 Å². The van der Waals surface area contributed by atoms with Crippen LogP contribution in [0, 0.1) is 0 Å². The van der Waals surface area contributed by atoms with Gasteiger partial charge in [0.1, 0.15) is 23.6 Å². The Hall–Kier alpha value is -3.71. The lowest BCUT2D eigenvalue weighted by Crippen LogP contribution is -2.49. The van der Waals surface area contributed by atoms with Gasteiger partial charge in [-0.05, 0) is 49.1 Å². The van der Waals surface area contributed by atoms with Crippen LogP contribution in [0.15, 0.2) is 47.8 Å². The van der Waals surface area contributed by atoms with Crippen molar-refractivity contribution in [2.24, 2.45) is 7.05 Å². The van der Waals surface area contributed by atoms with Crippen molar-refractivity contribution >= 4 is 5.52 Å². The third-order valence-corrected chi connectivity index (χ3v) is 8.51. The molecule has 2 aliphatic rings. The fourth-order valence-corrected chi connectivity index (χ4v) is 5.81. The van der Waals surface area contributed by atoms with Gasteiger partial charge in [-0.25, -0.2) is 9.18 Å². The summed E-state index contributed by atoms with van der Waals surface area (Å²) in [6.45, 7) is 3.38. The second-order valence-electron chi connectivity index (χ2n) is 11.7. The van der Waals surface area contributed by atoms with E-state index in [1.807, 2.05) is 22.6 Å². The number of hydrogen-bond donors (Lipinski definition) is 0. The van der Waals surface area contributed by atoms with Gasteiger partial charge in [-0.1, -0.05) is 0 Å². The van der Waals surface area contributed by atoms with Gasteiger partial charge in [-0.2, -0.15) is 13.2 Å². The molecule has 0 aliphatic carbocycles. The maximum atomic E-state index is 14.3. The molecule has 0 atom stereocenters. The van der Waals surface area contributed by atoms with Crippen LogP contribution in [0.1, 0.15) is 42.3 Å². The van der Waals surface area contributed by atoms with E-state index in [0.29, 0.717) is 62.6 Å². The van der Waals surface area contributed by atoms with Gasteiger partial charge >= 0.3 is 11.9 Å². The monoisotopic (exact) mass is 588 g/mol. The summed E-state index contributed by atoms with van der Waals surface area (Å²) < 4.78 is 72.4. The van der Waals surface area contributed by atoms with Crippen LogP contribution in [0.25, 0.3) is 11.2 Å². The Balaban J connectivity index is 1.42. The molecule has 0 unspecified atom stereocenters. The molecule has 0 spiro atoms. The van der Waals surface area contributed by atoms with Crippen molar-refractivity contribution < 1.29 is 27.0 Å². The number of likely N-dealkylation sites (tertiary alicyclic amines) is 1. The highest BCUT2D eigenvalue weighted by Gasteiger charge is 2.42. The number of fused-ring (bicyclic) bond motifs is 1. The minimum absolute atomic E-state index is 0.181. The van der Waals surface area contributed by atoms with Crippen LogP contribution in [0.2, 0.25) is 0 Å². The number of aryl methyl sites for hydroxylation is 1. The van der Waals surface area contributed by atoms with E-state index in [9.17, 15) is 22.4 Å². The fraction of sp³-hybridized carbons (Fsp3) is 0.483. The summed E-state index contributed by atoms with van der Waals surface area (Å²) in [5, 5.41) is 8.16. The molecule has 3 aromatic heterocycles. The number of aromatic nitrogens is 5. The molecule has 224 valence electrons. The molecule has 2 aliphatic heterocycles.